The van der Waals surface area contributed by atoms with Crippen molar-refractivity contribution in [2.75, 3.05) is 32.1 Å². The topological polar surface area (TPSA) is 279 Å². The van der Waals surface area contributed by atoms with E-state index in [2.05, 4.69) is 25.5 Å². The number of benzene rings is 1. The molecule has 0 aliphatic carbocycles. The van der Waals surface area contributed by atoms with Crippen LogP contribution >= 0.6 is 0 Å². The maximum Gasteiger partial charge on any atom is 0.276 e. The summed E-state index contributed by atoms with van der Waals surface area (Å²) < 4.78 is 13.4. The summed E-state index contributed by atoms with van der Waals surface area (Å²) in [4.78, 5) is 97.0. The van der Waals surface area contributed by atoms with Crippen LogP contribution in [0.3, 0.4) is 0 Å². The number of imidazole rings is 1. The largest absolute Gasteiger partial charge is 0.491 e. The highest BCUT2D eigenvalue weighted by Crippen LogP contribution is 2.32. The van der Waals surface area contributed by atoms with Crippen molar-refractivity contribution in [1.82, 2.24) is 58.4 Å². The number of imide groups is 1. The maximum atomic E-state index is 13.9. The van der Waals surface area contributed by atoms with Crippen LogP contribution in [-0.4, -0.2) is 121 Å². The van der Waals surface area contributed by atoms with E-state index in [4.69, 9.17) is 26.2 Å². The number of amides is 6. The Labute approximate surface area is 388 Å². The van der Waals surface area contributed by atoms with Crippen molar-refractivity contribution in [1.29, 1.82) is 0 Å². The van der Waals surface area contributed by atoms with Crippen LogP contribution in [0.1, 0.15) is 69.4 Å². The number of carbonyl (C=O) groups is 6. The smallest absolute Gasteiger partial charge is 0.276 e. The second-order valence-electron chi connectivity index (χ2n) is 16.1. The quantitative estimate of drug-likeness (QED) is 0.0597. The van der Waals surface area contributed by atoms with Gasteiger partial charge in [-0.15, -0.1) is 0 Å². The Morgan fingerprint density at radius 1 is 0.853 bits per heavy atom. The van der Waals surface area contributed by atoms with Gasteiger partial charge < -0.3 is 30.2 Å². The number of nitrogens with two attached hydrogens (primary N) is 2. The number of rotatable bonds is 19. The first-order valence-corrected chi connectivity index (χ1v) is 21.9. The Morgan fingerprint density at radius 2 is 1.56 bits per heavy atom. The Hall–Kier alpha value is -8.56. The van der Waals surface area contributed by atoms with Crippen molar-refractivity contribution >= 4 is 74.5 Å². The Balaban J connectivity index is 1.11. The molecule has 0 spiro atoms. The van der Waals surface area contributed by atoms with Crippen molar-refractivity contribution < 1.29 is 33.5 Å². The van der Waals surface area contributed by atoms with Gasteiger partial charge in [0.25, 0.3) is 23.6 Å². The molecule has 0 radical (unpaired) electrons. The molecule has 0 saturated heterocycles. The first-order valence-electron chi connectivity index (χ1n) is 21.9. The van der Waals surface area contributed by atoms with Crippen LogP contribution in [0.4, 0.5) is 5.95 Å². The minimum absolute atomic E-state index is 0.0330. The van der Waals surface area contributed by atoms with E-state index in [-0.39, 0.29) is 68.1 Å². The number of nitrogens with one attached hydrogen (secondary N) is 1. The summed E-state index contributed by atoms with van der Waals surface area (Å²) in [5.74, 6) is -2.17. The average molecular weight is 924 g/mol. The monoisotopic (exact) mass is 923 g/mol. The van der Waals surface area contributed by atoms with E-state index >= 15 is 0 Å². The first-order chi connectivity index (χ1) is 32.6. The molecule has 68 heavy (non-hydrogen) atoms. The van der Waals surface area contributed by atoms with Crippen LogP contribution in [0, 0.1) is 13.8 Å². The van der Waals surface area contributed by atoms with Crippen LogP contribution < -0.4 is 21.5 Å². The zero-order chi connectivity index (χ0) is 48.4. The Bertz CT molecular complexity index is 3230. The molecular formula is C46H49N15O7. The van der Waals surface area contributed by atoms with Gasteiger partial charge in [0, 0.05) is 76.6 Å². The number of hydrogen-bond acceptors (Lipinski definition) is 13. The molecule has 22 heteroatoms. The lowest BCUT2D eigenvalue weighted by Crippen LogP contribution is -2.36. The van der Waals surface area contributed by atoms with Gasteiger partial charge in [0.15, 0.2) is 5.82 Å². The van der Waals surface area contributed by atoms with Gasteiger partial charge in [-0.3, -0.25) is 48.3 Å². The average Bonchev–Trinajstić information content (AvgIpc) is 4.13. The number of fused-ring (bicyclic) bond motifs is 4. The minimum atomic E-state index is -0.723. The fraction of sp³-hybridized carbons (Fsp3) is 0.304. The summed E-state index contributed by atoms with van der Waals surface area (Å²) in [6.45, 7) is 9.38. The van der Waals surface area contributed by atoms with Crippen molar-refractivity contribution in [3.63, 3.8) is 0 Å². The summed E-state index contributed by atoms with van der Waals surface area (Å²) in [6, 6.07) is 9.95. The number of pyridine rings is 1. The number of anilines is 1. The van der Waals surface area contributed by atoms with E-state index in [9.17, 15) is 28.8 Å². The van der Waals surface area contributed by atoms with Crippen molar-refractivity contribution in [3.8, 4) is 17.3 Å². The van der Waals surface area contributed by atoms with Gasteiger partial charge in [-0.25, -0.2) is 19.9 Å². The lowest BCUT2D eigenvalue weighted by Gasteiger charge is -2.19. The molecule has 6 aromatic heterocycles. The standard InChI is InChI=1S/C46H49N15O7/c1-6-60-33(21-26(3)54-60)43-49-25-29-39-32(12-11-30(50-39)42(48)66)57(44(29)52-43)17-8-9-18-59-40-31(51-46(59)53-45(67)34-22-27(4)55-61(34)7-2)23-28(41(47)65)24-35(40)68-20-10-16-56(5)36(62)15-19-58-37(63)13-14-38(58)64/h8-9,11-14,21-25H,6-7,10,15-20H2,1-5H3,(H2,47,65)(H2,48,66)(H,51,53,67)/b9-8+. The number of primary amides is 2. The molecule has 5 N–H and O–H groups in total. The van der Waals surface area contributed by atoms with Crippen molar-refractivity contribution in [2.24, 2.45) is 11.5 Å². The van der Waals surface area contributed by atoms with Crippen LogP contribution in [0.25, 0.3) is 44.6 Å². The molecule has 6 amide bonds. The van der Waals surface area contributed by atoms with Gasteiger partial charge >= 0.3 is 0 Å². The number of aromatic nitrogens is 10. The number of nitrogens with zero attached hydrogens (tertiary/aromatic N) is 12. The van der Waals surface area contributed by atoms with Crippen LogP contribution in [0.2, 0.25) is 0 Å². The lowest BCUT2D eigenvalue weighted by atomic mass is 10.1. The number of aryl methyl sites for hydroxylation is 4. The van der Waals surface area contributed by atoms with Gasteiger partial charge in [0.1, 0.15) is 39.5 Å². The van der Waals surface area contributed by atoms with Gasteiger partial charge in [-0.1, -0.05) is 12.2 Å². The number of allylic oxidation sites excluding steroid dienone is 2. The summed E-state index contributed by atoms with van der Waals surface area (Å²) in [5.41, 5.74) is 16.7. The fourth-order valence-corrected chi connectivity index (χ4v) is 8.05. The van der Waals surface area contributed by atoms with E-state index in [0.29, 0.717) is 69.8 Å². The number of hydrogen-bond donors (Lipinski definition) is 3. The van der Waals surface area contributed by atoms with Crippen LogP contribution in [0.5, 0.6) is 5.75 Å². The number of ether oxygens (including phenoxy) is 1. The molecule has 0 unspecified atom stereocenters. The second-order valence-corrected chi connectivity index (χ2v) is 16.1. The van der Waals surface area contributed by atoms with E-state index < -0.39 is 29.5 Å². The third-order valence-corrected chi connectivity index (χ3v) is 11.4. The maximum absolute atomic E-state index is 13.9. The zero-order valence-corrected chi connectivity index (χ0v) is 38.1. The van der Waals surface area contributed by atoms with Gasteiger partial charge in [0.2, 0.25) is 17.8 Å². The first kappa shape index (κ1) is 46.0. The van der Waals surface area contributed by atoms with E-state index in [1.54, 1.807) is 47.6 Å². The molecule has 1 aliphatic heterocycles. The second kappa shape index (κ2) is 19.1. The molecule has 0 bridgehead atoms. The summed E-state index contributed by atoms with van der Waals surface area (Å²) in [5, 5.41) is 12.5. The highest BCUT2D eigenvalue weighted by molar-refractivity contribution is 6.13. The highest BCUT2D eigenvalue weighted by Gasteiger charge is 2.25. The third-order valence-electron chi connectivity index (χ3n) is 11.4. The molecular weight excluding hydrogens is 875 g/mol. The normalized spacial score (nSPS) is 12.7. The van der Waals surface area contributed by atoms with E-state index in [0.717, 1.165) is 16.3 Å². The molecule has 1 aliphatic rings. The SMILES string of the molecule is CCn1nc(C)cc1C(=O)Nc1nc2cc(C(N)=O)cc(OCCCN(C)C(=O)CCN3C(=O)C=CC3=O)c2n1C/C=C/Cn1c2ccc(C(N)=O)nc2c2cnc(-c3cc(C)nn3CC)nc21. The predicted molar refractivity (Wildman–Crippen MR) is 249 cm³/mol. The van der Waals surface area contributed by atoms with Gasteiger partial charge in [-0.05, 0) is 70.5 Å². The minimum Gasteiger partial charge on any atom is -0.491 e. The van der Waals surface area contributed by atoms with Crippen molar-refractivity contribution in [3.05, 3.63) is 95.2 Å². The predicted octanol–water partition coefficient (Wildman–Crippen LogP) is 3.29. The van der Waals surface area contributed by atoms with Gasteiger partial charge in [0.05, 0.1) is 34.4 Å². The molecule has 0 fully saturated rings. The molecule has 8 rings (SSSR count). The van der Waals surface area contributed by atoms with Crippen molar-refractivity contribution in [2.45, 2.75) is 66.7 Å². The molecule has 22 nitrogen and oxygen atoms in total. The summed E-state index contributed by atoms with van der Waals surface area (Å²) in [7, 11) is 1.62. The zero-order valence-electron chi connectivity index (χ0n) is 38.1. The molecule has 7 heterocycles. The molecule has 350 valence electrons. The van der Waals surface area contributed by atoms with E-state index in [1.165, 1.54) is 29.2 Å². The third kappa shape index (κ3) is 9.15. The molecule has 0 atom stereocenters. The summed E-state index contributed by atoms with van der Waals surface area (Å²) >= 11 is 0. The Morgan fingerprint density at radius 3 is 2.26 bits per heavy atom. The summed E-state index contributed by atoms with van der Waals surface area (Å²) in [6.07, 6.45) is 8.14. The fourth-order valence-electron chi connectivity index (χ4n) is 8.05. The van der Waals surface area contributed by atoms with E-state index in [1.807, 2.05) is 48.2 Å². The highest BCUT2D eigenvalue weighted by atomic mass is 16.5. The molecule has 1 aromatic carbocycles. The van der Waals surface area contributed by atoms with Crippen LogP contribution in [0.15, 0.2) is 66.9 Å². The lowest BCUT2D eigenvalue weighted by molar-refractivity contribution is -0.138. The molecule has 0 saturated carbocycles. The Kier molecular flexibility index (Phi) is 12.9. The van der Waals surface area contributed by atoms with Crippen LogP contribution in [-0.2, 0) is 40.6 Å². The van der Waals surface area contributed by atoms with Gasteiger partial charge in [-0.2, -0.15) is 10.2 Å². The number of carbonyl (C=O) groups excluding carboxylic acids is 6. The molecule has 7 aromatic rings.